The molecule has 4 heteroatoms. The van der Waals surface area contributed by atoms with Crippen molar-refractivity contribution in [2.75, 3.05) is 6.54 Å². The predicted octanol–water partition coefficient (Wildman–Crippen LogP) is 0.152. The summed E-state index contributed by atoms with van der Waals surface area (Å²) in [5.41, 5.74) is 2.63. The smallest absolute Gasteiger partial charge is 0.244 e. The van der Waals surface area contributed by atoms with Gasteiger partial charge >= 0.3 is 0 Å². The molecule has 1 N–H and O–H groups in total. The highest BCUT2D eigenvalue weighted by atomic mass is 16.2. The first-order valence-corrected chi connectivity index (χ1v) is 4.71. The van der Waals surface area contributed by atoms with Gasteiger partial charge in [0.25, 0.3) is 0 Å². The Labute approximate surface area is 77.3 Å². The van der Waals surface area contributed by atoms with Crippen LogP contribution in [0.5, 0.6) is 0 Å². The van der Waals surface area contributed by atoms with Crippen molar-refractivity contribution in [1.82, 2.24) is 10.4 Å². The average Bonchev–Trinajstić information content (AvgIpc) is 2.77. The van der Waals surface area contributed by atoms with Crippen LogP contribution in [0.25, 0.3) is 0 Å². The fourth-order valence-corrected chi connectivity index (χ4v) is 1.73. The van der Waals surface area contributed by atoms with Crippen LogP contribution < -0.4 is 5.43 Å². The van der Waals surface area contributed by atoms with E-state index in [9.17, 15) is 9.59 Å². The molecule has 72 valence electrons. The van der Waals surface area contributed by atoms with E-state index in [0.717, 1.165) is 6.42 Å². The molecule has 0 aromatic rings. The molecule has 2 fully saturated rings. The summed E-state index contributed by atoms with van der Waals surface area (Å²) in [6, 6.07) is 0. The summed E-state index contributed by atoms with van der Waals surface area (Å²) in [6.45, 7) is 4.67. The molecule has 2 rings (SSSR count). The van der Waals surface area contributed by atoms with Crippen molar-refractivity contribution in [2.24, 2.45) is 17.8 Å². The number of nitrogens with one attached hydrogen (secondary N) is 1. The van der Waals surface area contributed by atoms with Crippen molar-refractivity contribution >= 4 is 11.8 Å². The second-order valence-electron chi connectivity index (χ2n) is 4.27. The zero-order chi connectivity index (χ0) is 9.59. The normalized spacial score (nSPS) is 31.8. The van der Waals surface area contributed by atoms with Gasteiger partial charge in [0.15, 0.2) is 0 Å². The quantitative estimate of drug-likeness (QED) is 0.661. The van der Waals surface area contributed by atoms with Gasteiger partial charge in [-0.25, -0.2) is 0 Å². The molecule has 2 amide bonds. The number of hydrogen-bond acceptors (Lipinski definition) is 2. The Kier molecular flexibility index (Phi) is 1.78. The van der Waals surface area contributed by atoms with Gasteiger partial charge in [-0.2, -0.15) is 0 Å². The summed E-state index contributed by atoms with van der Waals surface area (Å²) in [5.74, 6) is 0.478. The summed E-state index contributed by atoms with van der Waals surface area (Å²) < 4.78 is 0. The molecule has 4 nitrogen and oxygen atoms in total. The first kappa shape index (κ1) is 8.53. The Morgan fingerprint density at radius 2 is 2.15 bits per heavy atom. The maximum Gasteiger partial charge on any atom is 0.244 e. The number of amides is 2. The number of carbonyl (C=O) groups is 2. The van der Waals surface area contributed by atoms with Crippen molar-refractivity contribution in [1.29, 1.82) is 0 Å². The lowest BCUT2D eigenvalue weighted by Gasteiger charge is -2.28. The van der Waals surface area contributed by atoms with E-state index >= 15 is 0 Å². The monoisotopic (exact) mass is 182 g/mol. The largest absolute Gasteiger partial charge is 0.273 e. The van der Waals surface area contributed by atoms with Gasteiger partial charge < -0.3 is 0 Å². The van der Waals surface area contributed by atoms with E-state index in [4.69, 9.17) is 0 Å². The molecule has 0 spiro atoms. The first-order valence-electron chi connectivity index (χ1n) is 4.71. The molecule has 0 radical (unpaired) electrons. The van der Waals surface area contributed by atoms with Gasteiger partial charge in [0, 0.05) is 6.54 Å². The molecule has 2 aliphatic rings. The van der Waals surface area contributed by atoms with E-state index in [1.807, 2.05) is 13.8 Å². The Bertz CT molecular complexity index is 262. The van der Waals surface area contributed by atoms with E-state index in [1.54, 1.807) is 0 Å². The standard InChI is InChI=1S/C9H14N2O2/c1-5(2)4-11-9(13)7-3-6(7)8(12)10-11/h5-7H,3-4H2,1-2H3,(H,10,12)/t6-,7+/m1/s1. The van der Waals surface area contributed by atoms with Gasteiger partial charge in [0.1, 0.15) is 0 Å². The number of nitrogens with zero attached hydrogens (tertiary/aromatic N) is 1. The summed E-state index contributed by atoms with van der Waals surface area (Å²) >= 11 is 0. The van der Waals surface area contributed by atoms with Crippen LogP contribution in [0.4, 0.5) is 0 Å². The number of hydrazine groups is 1. The van der Waals surface area contributed by atoms with Crippen LogP contribution in [-0.2, 0) is 9.59 Å². The zero-order valence-electron chi connectivity index (χ0n) is 7.91. The highest BCUT2D eigenvalue weighted by Crippen LogP contribution is 2.42. The minimum absolute atomic E-state index is 0.00694. The van der Waals surface area contributed by atoms with Crippen LogP contribution in [0.3, 0.4) is 0 Å². The van der Waals surface area contributed by atoms with Crippen LogP contribution in [0.2, 0.25) is 0 Å². The van der Waals surface area contributed by atoms with Gasteiger partial charge in [-0.1, -0.05) is 13.8 Å². The minimum Gasteiger partial charge on any atom is -0.273 e. The van der Waals surface area contributed by atoms with Crippen molar-refractivity contribution in [2.45, 2.75) is 20.3 Å². The first-order chi connectivity index (χ1) is 6.09. The molecule has 1 saturated heterocycles. The lowest BCUT2D eigenvalue weighted by molar-refractivity contribution is -0.148. The predicted molar refractivity (Wildman–Crippen MR) is 46.3 cm³/mol. The number of carbonyl (C=O) groups excluding carboxylic acids is 2. The maximum absolute atomic E-state index is 11.6. The molecule has 1 aliphatic carbocycles. The number of fused-ring (bicyclic) bond motifs is 1. The van der Waals surface area contributed by atoms with Crippen LogP contribution >= 0.6 is 0 Å². The maximum atomic E-state index is 11.6. The van der Waals surface area contributed by atoms with Crippen LogP contribution in [0.15, 0.2) is 0 Å². The molecule has 0 bridgehead atoms. The Morgan fingerprint density at radius 1 is 1.46 bits per heavy atom. The van der Waals surface area contributed by atoms with Crippen LogP contribution in [0, 0.1) is 17.8 Å². The SMILES string of the molecule is CC(C)CN1NC(=O)[C@@H]2C[C@@H]2C1=O. The minimum atomic E-state index is -0.0177. The molecular formula is C9H14N2O2. The van der Waals surface area contributed by atoms with Crippen LogP contribution in [-0.4, -0.2) is 23.4 Å². The molecule has 0 aromatic heterocycles. The van der Waals surface area contributed by atoms with E-state index in [0.29, 0.717) is 12.5 Å². The van der Waals surface area contributed by atoms with Gasteiger partial charge in [0.05, 0.1) is 11.8 Å². The molecule has 1 heterocycles. The molecule has 13 heavy (non-hydrogen) atoms. The highest BCUT2D eigenvalue weighted by molar-refractivity contribution is 5.97. The Morgan fingerprint density at radius 3 is 2.77 bits per heavy atom. The summed E-state index contributed by atoms with van der Waals surface area (Å²) in [7, 11) is 0. The third-order valence-electron chi connectivity index (χ3n) is 2.50. The Balaban J connectivity index is 2.03. The second-order valence-corrected chi connectivity index (χ2v) is 4.27. The third-order valence-corrected chi connectivity index (χ3v) is 2.50. The summed E-state index contributed by atoms with van der Waals surface area (Å²) in [5, 5.41) is 1.47. The summed E-state index contributed by atoms with van der Waals surface area (Å²) in [6.07, 6.45) is 0.749. The lowest BCUT2D eigenvalue weighted by Crippen LogP contribution is -2.52. The van der Waals surface area contributed by atoms with E-state index in [2.05, 4.69) is 5.43 Å². The van der Waals surface area contributed by atoms with Crippen molar-refractivity contribution < 1.29 is 9.59 Å². The lowest BCUT2D eigenvalue weighted by atomic mass is 10.2. The van der Waals surface area contributed by atoms with Gasteiger partial charge in [-0.3, -0.25) is 20.0 Å². The fraction of sp³-hybridized carbons (Fsp3) is 0.778. The topological polar surface area (TPSA) is 49.4 Å². The van der Waals surface area contributed by atoms with Crippen molar-refractivity contribution in [3.05, 3.63) is 0 Å². The fourth-order valence-electron chi connectivity index (χ4n) is 1.73. The van der Waals surface area contributed by atoms with Crippen molar-refractivity contribution in [3.8, 4) is 0 Å². The Hall–Kier alpha value is -1.06. The number of hydrogen-bond donors (Lipinski definition) is 1. The molecular weight excluding hydrogens is 168 g/mol. The third kappa shape index (κ3) is 1.41. The highest BCUT2D eigenvalue weighted by Gasteiger charge is 2.53. The molecule has 1 aliphatic heterocycles. The van der Waals surface area contributed by atoms with E-state index < -0.39 is 0 Å². The van der Waals surface area contributed by atoms with Crippen molar-refractivity contribution in [3.63, 3.8) is 0 Å². The van der Waals surface area contributed by atoms with Gasteiger partial charge in [-0.05, 0) is 12.3 Å². The number of rotatable bonds is 2. The van der Waals surface area contributed by atoms with E-state index in [1.165, 1.54) is 5.01 Å². The zero-order valence-corrected chi connectivity index (χ0v) is 7.91. The second kappa shape index (κ2) is 2.72. The molecule has 1 saturated carbocycles. The molecule has 2 atom stereocenters. The summed E-state index contributed by atoms with van der Waals surface area (Å²) in [4.78, 5) is 22.8. The van der Waals surface area contributed by atoms with Gasteiger partial charge in [0.2, 0.25) is 11.8 Å². The van der Waals surface area contributed by atoms with E-state index in [-0.39, 0.29) is 23.7 Å². The van der Waals surface area contributed by atoms with Crippen LogP contribution in [0.1, 0.15) is 20.3 Å². The molecule has 0 unspecified atom stereocenters. The molecule has 0 aromatic carbocycles. The van der Waals surface area contributed by atoms with Gasteiger partial charge in [-0.15, -0.1) is 0 Å². The average molecular weight is 182 g/mol.